The van der Waals surface area contributed by atoms with Crippen molar-refractivity contribution in [3.05, 3.63) is 74.7 Å². The highest BCUT2D eigenvalue weighted by molar-refractivity contribution is 5.97. The van der Waals surface area contributed by atoms with E-state index in [4.69, 9.17) is 4.74 Å². The number of hydrogen-bond donors (Lipinski definition) is 2. The van der Waals surface area contributed by atoms with E-state index >= 15 is 0 Å². The van der Waals surface area contributed by atoms with Gasteiger partial charge in [0.2, 0.25) is 0 Å². The van der Waals surface area contributed by atoms with Crippen LogP contribution < -0.4 is 10.5 Å². The number of aryl methyl sites for hydroxylation is 2. The molecule has 0 bridgehead atoms. The molecule has 0 spiro atoms. The second-order valence-corrected chi connectivity index (χ2v) is 9.38. The number of carbonyl (C=O) groups is 1. The van der Waals surface area contributed by atoms with Crippen molar-refractivity contribution in [3.63, 3.8) is 0 Å². The lowest BCUT2D eigenvalue weighted by Crippen LogP contribution is -2.40. The quantitative estimate of drug-likeness (QED) is 0.643. The van der Waals surface area contributed by atoms with E-state index in [0.29, 0.717) is 23.6 Å². The molecular formula is C28H37N3O4. The Bertz CT molecular complexity index is 1120. The fourth-order valence-corrected chi connectivity index (χ4v) is 5.35. The topological polar surface area (TPSA) is 85.9 Å². The highest BCUT2D eigenvalue weighted by atomic mass is 16.5. The number of carbonyl (C=O) groups excluding carboxylic acids is 1. The van der Waals surface area contributed by atoms with Crippen LogP contribution in [0.2, 0.25) is 0 Å². The molecule has 2 aliphatic rings. The van der Waals surface area contributed by atoms with E-state index in [-0.39, 0.29) is 31.2 Å². The molecule has 3 heterocycles. The number of β-amino-alcohol motifs (C(OH)–C–C–N with tert-alkyl or cyclic N) is 1. The maximum atomic E-state index is 13.9. The Morgan fingerprint density at radius 3 is 2.71 bits per heavy atom. The summed E-state index contributed by atoms with van der Waals surface area (Å²) in [7, 11) is 0. The van der Waals surface area contributed by atoms with Crippen molar-refractivity contribution >= 4 is 11.6 Å². The molecule has 0 radical (unpaired) electrons. The standard InChI is InChI=1S/C28H37N3O4/c1-3-31(22-12-16-35-17-13-22)26-11-7-10-24-23(26)9-6-4-5-8-21-18-20(2)29-27(33)25(21)19-30(14-15-32)28(24)34/h4,6-7,10-11,18,22,32H,3,5,8-9,12-17,19H2,1-2H3,(H,29,33)/b6-4+. The Balaban J connectivity index is 1.79. The van der Waals surface area contributed by atoms with Crippen molar-refractivity contribution in [3.8, 4) is 0 Å². The largest absolute Gasteiger partial charge is 0.395 e. The second-order valence-electron chi connectivity index (χ2n) is 9.38. The molecule has 4 rings (SSSR count). The maximum absolute atomic E-state index is 13.9. The second kappa shape index (κ2) is 11.7. The van der Waals surface area contributed by atoms with Gasteiger partial charge in [-0.05, 0) is 75.3 Å². The first-order valence-electron chi connectivity index (χ1n) is 12.8. The first kappa shape index (κ1) is 25.2. The molecule has 2 aromatic rings. The molecule has 0 atom stereocenters. The Morgan fingerprint density at radius 1 is 1.17 bits per heavy atom. The minimum atomic E-state index is -0.164. The van der Waals surface area contributed by atoms with Gasteiger partial charge in [0.05, 0.1) is 13.2 Å². The average molecular weight is 480 g/mol. The number of pyridine rings is 1. The lowest BCUT2D eigenvalue weighted by atomic mass is 9.96. The molecule has 2 N–H and O–H groups in total. The van der Waals surface area contributed by atoms with Crippen LogP contribution in [0.4, 0.5) is 5.69 Å². The van der Waals surface area contributed by atoms with E-state index in [0.717, 1.165) is 68.0 Å². The maximum Gasteiger partial charge on any atom is 0.254 e. The van der Waals surface area contributed by atoms with Gasteiger partial charge in [0.25, 0.3) is 11.5 Å². The molecule has 7 heteroatoms. The number of fused-ring (bicyclic) bond motifs is 2. The third kappa shape index (κ3) is 5.68. The van der Waals surface area contributed by atoms with Crippen LogP contribution in [-0.4, -0.2) is 59.8 Å². The van der Waals surface area contributed by atoms with Gasteiger partial charge < -0.3 is 24.6 Å². The van der Waals surface area contributed by atoms with Gasteiger partial charge in [-0.25, -0.2) is 0 Å². The predicted octanol–water partition coefficient (Wildman–Crippen LogP) is 3.37. The molecule has 2 aliphatic heterocycles. The van der Waals surface area contributed by atoms with Gasteiger partial charge in [-0.1, -0.05) is 18.2 Å². The zero-order valence-corrected chi connectivity index (χ0v) is 20.9. The number of amides is 1. The number of anilines is 1. The molecule has 188 valence electrons. The van der Waals surface area contributed by atoms with Gasteiger partial charge in [-0.15, -0.1) is 0 Å². The summed E-state index contributed by atoms with van der Waals surface area (Å²) in [6.45, 7) is 6.58. The van der Waals surface area contributed by atoms with Gasteiger partial charge in [-0.3, -0.25) is 9.59 Å². The summed E-state index contributed by atoms with van der Waals surface area (Å²) in [5.41, 5.74) is 4.93. The lowest BCUT2D eigenvalue weighted by molar-refractivity contribution is 0.0705. The smallest absolute Gasteiger partial charge is 0.254 e. The van der Waals surface area contributed by atoms with Gasteiger partial charge in [0.15, 0.2) is 0 Å². The van der Waals surface area contributed by atoms with E-state index in [9.17, 15) is 14.7 Å². The molecule has 1 saturated heterocycles. The number of aliphatic hydroxyl groups excluding tert-OH is 1. The summed E-state index contributed by atoms with van der Waals surface area (Å²) >= 11 is 0. The summed E-state index contributed by atoms with van der Waals surface area (Å²) in [6, 6.07) is 8.32. The summed E-state index contributed by atoms with van der Waals surface area (Å²) in [6.07, 6.45) is 8.45. The minimum absolute atomic E-state index is 0.154. The number of aromatic amines is 1. The van der Waals surface area contributed by atoms with Crippen molar-refractivity contribution in [2.45, 2.75) is 58.5 Å². The van der Waals surface area contributed by atoms with E-state index in [1.807, 2.05) is 25.1 Å². The first-order valence-corrected chi connectivity index (χ1v) is 12.8. The number of aromatic nitrogens is 1. The summed E-state index contributed by atoms with van der Waals surface area (Å²) in [4.78, 5) is 33.7. The van der Waals surface area contributed by atoms with Crippen molar-refractivity contribution in [2.24, 2.45) is 0 Å². The van der Waals surface area contributed by atoms with Crippen molar-refractivity contribution in [1.29, 1.82) is 0 Å². The lowest BCUT2D eigenvalue weighted by Gasteiger charge is -2.37. The summed E-state index contributed by atoms with van der Waals surface area (Å²) in [5, 5.41) is 9.77. The van der Waals surface area contributed by atoms with Crippen LogP contribution in [0.3, 0.4) is 0 Å². The zero-order valence-electron chi connectivity index (χ0n) is 20.9. The van der Waals surface area contributed by atoms with Gasteiger partial charge in [0, 0.05) is 54.9 Å². The molecule has 1 aromatic carbocycles. The Hall–Kier alpha value is -2.90. The third-order valence-corrected chi connectivity index (χ3v) is 7.10. The molecule has 0 aliphatic carbocycles. The van der Waals surface area contributed by atoms with Crippen molar-refractivity contribution in [2.75, 3.05) is 37.8 Å². The highest BCUT2D eigenvalue weighted by Crippen LogP contribution is 2.31. The van der Waals surface area contributed by atoms with Crippen LogP contribution in [0.25, 0.3) is 0 Å². The van der Waals surface area contributed by atoms with Gasteiger partial charge in [0.1, 0.15) is 0 Å². The van der Waals surface area contributed by atoms with Crippen LogP contribution in [0.15, 0.2) is 41.2 Å². The SMILES string of the molecule is CCN(c1cccc2c1C/C=C/CCc1cc(C)[nH]c(=O)c1CN(CCO)C2=O)C1CCOCC1. The number of H-pyrrole nitrogens is 1. The minimum Gasteiger partial charge on any atom is -0.395 e. The fourth-order valence-electron chi connectivity index (χ4n) is 5.35. The number of benzene rings is 1. The normalized spacial score (nSPS) is 18.3. The van der Waals surface area contributed by atoms with E-state index < -0.39 is 0 Å². The zero-order chi connectivity index (χ0) is 24.8. The highest BCUT2D eigenvalue weighted by Gasteiger charge is 2.27. The van der Waals surface area contributed by atoms with Gasteiger partial charge >= 0.3 is 0 Å². The number of hydrogen-bond acceptors (Lipinski definition) is 5. The number of aliphatic hydroxyl groups is 1. The molecule has 1 aromatic heterocycles. The molecule has 0 unspecified atom stereocenters. The molecular weight excluding hydrogens is 442 g/mol. The van der Waals surface area contributed by atoms with Crippen LogP contribution >= 0.6 is 0 Å². The molecule has 1 amide bonds. The van der Waals surface area contributed by atoms with E-state index in [1.54, 1.807) is 4.90 Å². The average Bonchev–Trinajstić information content (AvgIpc) is 2.85. The molecule has 35 heavy (non-hydrogen) atoms. The Kier molecular flexibility index (Phi) is 8.42. The predicted molar refractivity (Wildman–Crippen MR) is 138 cm³/mol. The number of ether oxygens (including phenoxy) is 1. The van der Waals surface area contributed by atoms with Gasteiger partial charge in [-0.2, -0.15) is 0 Å². The number of nitrogens with zero attached hydrogens (tertiary/aromatic N) is 2. The van der Waals surface area contributed by atoms with Crippen molar-refractivity contribution in [1.82, 2.24) is 9.88 Å². The van der Waals surface area contributed by atoms with Crippen LogP contribution in [0.5, 0.6) is 0 Å². The van der Waals surface area contributed by atoms with Crippen LogP contribution in [0.1, 0.15) is 58.9 Å². The molecule has 1 fully saturated rings. The summed E-state index contributed by atoms with van der Waals surface area (Å²) in [5.74, 6) is -0.154. The fraction of sp³-hybridized carbons (Fsp3) is 0.500. The first-order chi connectivity index (χ1) is 17.0. The van der Waals surface area contributed by atoms with Crippen molar-refractivity contribution < 1.29 is 14.6 Å². The third-order valence-electron chi connectivity index (χ3n) is 7.10. The Morgan fingerprint density at radius 2 is 1.97 bits per heavy atom. The number of rotatable bonds is 5. The van der Waals surface area contributed by atoms with E-state index in [1.165, 1.54) is 0 Å². The number of allylic oxidation sites excluding steroid dienone is 2. The van der Waals surface area contributed by atoms with E-state index in [2.05, 4.69) is 35.0 Å². The van der Waals surface area contributed by atoms with Crippen LogP contribution in [0, 0.1) is 6.92 Å². The molecule has 0 saturated carbocycles. The molecule has 7 nitrogen and oxygen atoms in total. The van der Waals surface area contributed by atoms with Crippen LogP contribution in [-0.2, 0) is 24.1 Å². The summed E-state index contributed by atoms with van der Waals surface area (Å²) < 4.78 is 5.59. The monoisotopic (exact) mass is 479 g/mol. The number of nitrogens with one attached hydrogen (secondary N) is 1. The Labute approximate surface area is 207 Å².